The summed E-state index contributed by atoms with van der Waals surface area (Å²) in [6, 6.07) is 12.6. The summed E-state index contributed by atoms with van der Waals surface area (Å²) in [6.45, 7) is 1.57. The van der Waals surface area contributed by atoms with Crippen molar-refractivity contribution in [2.45, 2.75) is 25.4 Å². The number of fused-ring (bicyclic) bond motifs is 1. The van der Waals surface area contributed by atoms with Crippen LogP contribution in [0.3, 0.4) is 0 Å². The Hall–Kier alpha value is -3.06. The van der Waals surface area contributed by atoms with Crippen molar-refractivity contribution in [3.05, 3.63) is 59.2 Å². The largest absolute Gasteiger partial charge is 0.493 e. The molecule has 0 bridgehead atoms. The molecule has 1 aliphatic rings. The van der Waals surface area contributed by atoms with Crippen LogP contribution in [0.5, 0.6) is 11.5 Å². The number of nitrogens with zero attached hydrogens (tertiary/aromatic N) is 1. The maximum absolute atomic E-state index is 13.1. The van der Waals surface area contributed by atoms with Crippen molar-refractivity contribution < 1.29 is 23.8 Å². The molecule has 0 fully saturated rings. The summed E-state index contributed by atoms with van der Waals surface area (Å²) < 4.78 is 15.8. The Labute approximate surface area is 176 Å². The number of carbonyl (C=O) groups excluding carboxylic acids is 2. The second-order valence-electron chi connectivity index (χ2n) is 7.12. The fraction of sp³-hybridized carbons (Fsp3) is 0.391. The van der Waals surface area contributed by atoms with E-state index in [4.69, 9.17) is 14.2 Å². The molecule has 0 saturated heterocycles. The number of amides is 2. The van der Waals surface area contributed by atoms with E-state index in [1.165, 1.54) is 0 Å². The van der Waals surface area contributed by atoms with Crippen LogP contribution >= 0.6 is 0 Å². The van der Waals surface area contributed by atoms with E-state index in [1.54, 1.807) is 32.3 Å². The van der Waals surface area contributed by atoms with E-state index in [0.29, 0.717) is 36.8 Å². The molecule has 160 valence electrons. The normalized spacial score (nSPS) is 13.7. The topological polar surface area (TPSA) is 77.1 Å². The lowest BCUT2D eigenvalue weighted by atomic mass is 10.0. The molecule has 7 nitrogen and oxygen atoms in total. The molecule has 1 aliphatic heterocycles. The first kappa shape index (κ1) is 21.6. The van der Waals surface area contributed by atoms with E-state index in [-0.39, 0.29) is 18.2 Å². The van der Waals surface area contributed by atoms with Crippen LogP contribution in [-0.4, -0.2) is 51.2 Å². The van der Waals surface area contributed by atoms with Crippen molar-refractivity contribution in [3.63, 3.8) is 0 Å². The average Bonchev–Trinajstić information content (AvgIpc) is 3.11. The van der Waals surface area contributed by atoms with Gasteiger partial charge in [0.05, 0.1) is 26.7 Å². The number of benzene rings is 2. The van der Waals surface area contributed by atoms with E-state index in [0.717, 1.165) is 17.5 Å². The zero-order valence-electron chi connectivity index (χ0n) is 17.6. The highest BCUT2D eigenvalue weighted by atomic mass is 16.5. The number of rotatable bonds is 10. The lowest BCUT2D eigenvalue weighted by Crippen LogP contribution is -2.34. The summed E-state index contributed by atoms with van der Waals surface area (Å²) >= 11 is 0. The zero-order chi connectivity index (χ0) is 21.5. The van der Waals surface area contributed by atoms with Crippen molar-refractivity contribution in [1.29, 1.82) is 0 Å². The van der Waals surface area contributed by atoms with Crippen LogP contribution in [0.25, 0.3) is 0 Å². The Morgan fingerprint density at radius 1 is 1.10 bits per heavy atom. The molecule has 1 N–H and O–H groups in total. The van der Waals surface area contributed by atoms with E-state index in [2.05, 4.69) is 5.32 Å². The van der Waals surface area contributed by atoms with Gasteiger partial charge in [0.15, 0.2) is 11.5 Å². The molecule has 7 heteroatoms. The molecular formula is C23H28N2O5. The second kappa shape index (κ2) is 10.1. The van der Waals surface area contributed by atoms with Crippen LogP contribution < -0.4 is 14.8 Å². The number of hydrogen-bond acceptors (Lipinski definition) is 5. The molecule has 2 aromatic carbocycles. The van der Waals surface area contributed by atoms with Crippen LogP contribution in [-0.2, 0) is 16.1 Å². The van der Waals surface area contributed by atoms with E-state index in [9.17, 15) is 9.59 Å². The van der Waals surface area contributed by atoms with Gasteiger partial charge in [-0.2, -0.15) is 0 Å². The Kier molecular flexibility index (Phi) is 7.30. The molecule has 0 saturated carbocycles. The van der Waals surface area contributed by atoms with Crippen molar-refractivity contribution in [2.75, 3.05) is 34.5 Å². The molecule has 1 heterocycles. The zero-order valence-corrected chi connectivity index (χ0v) is 17.6. The van der Waals surface area contributed by atoms with Gasteiger partial charge in [-0.05, 0) is 35.7 Å². The average molecular weight is 412 g/mol. The number of nitrogens with one attached hydrogen (secondary N) is 1. The molecule has 0 aromatic heterocycles. The Morgan fingerprint density at radius 3 is 2.57 bits per heavy atom. The summed E-state index contributed by atoms with van der Waals surface area (Å²) in [6.07, 6.45) is 0.888. The van der Waals surface area contributed by atoms with E-state index < -0.39 is 6.04 Å². The summed E-state index contributed by atoms with van der Waals surface area (Å²) in [5.74, 6) is 0.969. The predicted molar refractivity (Wildman–Crippen MR) is 113 cm³/mol. The summed E-state index contributed by atoms with van der Waals surface area (Å²) in [5, 5.41) is 2.92. The molecule has 0 unspecified atom stereocenters. The highest BCUT2D eigenvalue weighted by molar-refractivity contribution is 5.98. The van der Waals surface area contributed by atoms with Crippen molar-refractivity contribution in [3.8, 4) is 11.5 Å². The SMILES string of the molecule is COCCCNC(=O)C[C@@H](c1ccc(OC)c(OC)c1)N1Cc2ccccc2C1=O. The van der Waals surface area contributed by atoms with E-state index in [1.807, 2.05) is 36.4 Å². The summed E-state index contributed by atoms with van der Waals surface area (Å²) in [7, 11) is 4.77. The van der Waals surface area contributed by atoms with Crippen LogP contribution in [0.2, 0.25) is 0 Å². The second-order valence-corrected chi connectivity index (χ2v) is 7.12. The number of carbonyl (C=O) groups is 2. The number of methoxy groups -OCH3 is 3. The highest BCUT2D eigenvalue weighted by Crippen LogP contribution is 2.37. The Bertz CT molecular complexity index is 899. The first-order chi connectivity index (χ1) is 14.6. The standard InChI is InChI=1S/C23H28N2O5/c1-28-12-6-11-24-22(26)14-19(16-9-10-20(29-2)21(13-16)30-3)25-15-17-7-4-5-8-18(17)23(25)27/h4-5,7-10,13,19H,6,11-12,14-15H2,1-3H3,(H,24,26)/t19-/m0/s1. The van der Waals surface area contributed by atoms with Crippen LogP contribution in [0, 0.1) is 0 Å². The molecule has 3 rings (SSSR count). The molecule has 0 spiro atoms. The molecule has 0 radical (unpaired) electrons. The van der Waals surface area contributed by atoms with Gasteiger partial charge in [0.2, 0.25) is 5.91 Å². The molecule has 1 atom stereocenters. The third kappa shape index (κ3) is 4.74. The molecule has 30 heavy (non-hydrogen) atoms. The van der Waals surface area contributed by atoms with Gasteiger partial charge >= 0.3 is 0 Å². The maximum Gasteiger partial charge on any atom is 0.255 e. The number of hydrogen-bond donors (Lipinski definition) is 1. The third-order valence-electron chi connectivity index (χ3n) is 5.24. The Morgan fingerprint density at radius 2 is 1.87 bits per heavy atom. The van der Waals surface area contributed by atoms with Gasteiger partial charge in [0.25, 0.3) is 5.91 Å². The van der Waals surface area contributed by atoms with Gasteiger partial charge in [-0.1, -0.05) is 24.3 Å². The van der Waals surface area contributed by atoms with Gasteiger partial charge in [0.1, 0.15) is 0 Å². The van der Waals surface area contributed by atoms with Gasteiger partial charge < -0.3 is 24.4 Å². The van der Waals surface area contributed by atoms with E-state index >= 15 is 0 Å². The van der Waals surface area contributed by atoms with Crippen LogP contribution in [0.15, 0.2) is 42.5 Å². The summed E-state index contributed by atoms with van der Waals surface area (Å²) in [4.78, 5) is 27.5. The predicted octanol–water partition coefficient (Wildman–Crippen LogP) is 2.94. The van der Waals surface area contributed by atoms with Gasteiger partial charge in [-0.25, -0.2) is 0 Å². The smallest absolute Gasteiger partial charge is 0.255 e. The molecular weight excluding hydrogens is 384 g/mol. The molecule has 0 aliphatic carbocycles. The van der Waals surface area contributed by atoms with Crippen molar-refractivity contribution in [2.24, 2.45) is 0 Å². The third-order valence-corrected chi connectivity index (χ3v) is 5.24. The van der Waals surface area contributed by atoms with Gasteiger partial charge in [-0.15, -0.1) is 0 Å². The minimum Gasteiger partial charge on any atom is -0.493 e. The van der Waals surface area contributed by atoms with Crippen LogP contribution in [0.4, 0.5) is 0 Å². The van der Waals surface area contributed by atoms with Crippen molar-refractivity contribution in [1.82, 2.24) is 10.2 Å². The first-order valence-electron chi connectivity index (χ1n) is 9.95. The minimum absolute atomic E-state index is 0.0717. The lowest BCUT2D eigenvalue weighted by Gasteiger charge is -2.28. The Balaban J connectivity index is 1.86. The summed E-state index contributed by atoms with van der Waals surface area (Å²) in [5.41, 5.74) is 2.47. The van der Waals surface area contributed by atoms with Gasteiger partial charge in [0, 0.05) is 32.4 Å². The quantitative estimate of drug-likeness (QED) is 0.607. The molecule has 2 aromatic rings. The van der Waals surface area contributed by atoms with Crippen molar-refractivity contribution >= 4 is 11.8 Å². The minimum atomic E-state index is -0.424. The van der Waals surface area contributed by atoms with Crippen LogP contribution in [0.1, 0.15) is 40.4 Å². The highest BCUT2D eigenvalue weighted by Gasteiger charge is 2.34. The first-order valence-corrected chi connectivity index (χ1v) is 9.95. The lowest BCUT2D eigenvalue weighted by molar-refractivity contribution is -0.122. The fourth-order valence-corrected chi connectivity index (χ4v) is 3.69. The maximum atomic E-state index is 13.1. The number of ether oxygens (including phenoxy) is 3. The fourth-order valence-electron chi connectivity index (χ4n) is 3.69. The molecule has 2 amide bonds. The monoisotopic (exact) mass is 412 g/mol. The van der Waals surface area contributed by atoms with Gasteiger partial charge in [-0.3, -0.25) is 9.59 Å².